The summed E-state index contributed by atoms with van der Waals surface area (Å²) in [6, 6.07) is 1.65. The number of rotatable bonds is 2. The first-order chi connectivity index (χ1) is 8.72. The van der Waals surface area contributed by atoms with Crippen LogP contribution in [-0.4, -0.2) is 18.1 Å². The molecule has 1 heterocycles. The molecule has 0 aliphatic heterocycles. The van der Waals surface area contributed by atoms with Crippen LogP contribution in [0.1, 0.15) is 33.7 Å². The predicted molar refractivity (Wildman–Crippen MR) is 50.3 cm³/mol. The van der Waals surface area contributed by atoms with E-state index in [1.807, 2.05) is 0 Å². The first-order valence-corrected chi connectivity index (χ1v) is 4.61. The van der Waals surface area contributed by atoms with Crippen molar-refractivity contribution in [3.05, 3.63) is 28.6 Å². The molecule has 0 aliphatic carbocycles. The maximum atomic E-state index is 12.6. The molecule has 0 saturated carbocycles. The van der Waals surface area contributed by atoms with Gasteiger partial charge >= 0.3 is 12.1 Å². The van der Waals surface area contributed by atoms with Crippen LogP contribution in [0.15, 0.2) is 6.07 Å². The number of aromatic nitrogens is 1. The predicted octanol–water partition coefficient (Wildman–Crippen LogP) is 2.70. The van der Waals surface area contributed by atoms with E-state index in [4.69, 9.17) is 5.26 Å². The third kappa shape index (κ3) is 2.96. The fraction of sp³-hybridized carbons (Fsp3) is 0.300. The Bertz CT molecular complexity index is 548. The van der Waals surface area contributed by atoms with Crippen LogP contribution in [-0.2, 0) is 10.9 Å². The number of nitriles is 1. The SMILES string of the molecule is COC(=O)c1cc(C#N)c(C(F)F)nc1C(F)(F)F. The van der Waals surface area contributed by atoms with Gasteiger partial charge in [-0.3, -0.25) is 0 Å². The highest BCUT2D eigenvalue weighted by Crippen LogP contribution is 2.33. The van der Waals surface area contributed by atoms with E-state index in [0.717, 1.165) is 7.11 Å². The summed E-state index contributed by atoms with van der Waals surface area (Å²) in [5.74, 6) is -1.42. The Hall–Kier alpha value is -2.24. The highest BCUT2D eigenvalue weighted by atomic mass is 19.4. The first kappa shape index (κ1) is 14.8. The number of hydrogen-bond acceptors (Lipinski definition) is 4. The maximum Gasteiger partial charge on any atom is 0.434 e. The summed E-state index contributed by atoms with van der Waals surface area (Å²) in [6.45, 7) is 0. The Balaban J connectivity index is 3.64. The molecule has 1 aromatic heterocycles. The molecule has 0 amide bonds. The van der Waals surface area contributed by atoms with E-state index >= 15 is 0 Å². The quantitative estimate of drug-likeness (QED) is 0.617. The highest BCUT2D eigenvalue weighted by Gasteiger charge is 2.39. The van der Waals surface area contributed by atoms with Crippen LogP contribution in [0.5, 0.6) is 0 Å². The lowest BCUT2D eigenvalue weighted by atomic mass is 10.1. The van der Waals surface area contributed by atoms with Crippen molar-refractivity contribution < 1.29 is 31.5 Å². The average molecular weight is 280 g/mol. The zero-order valence-electron chi connectivity index (χ0n) is 9.26. The van der Waals surface area contributed by atoms with Crippen molar-refractivity contribution in [3.63, 3.8) is 0 Å². The number of methoxy groups -OCH3 is 1. The number of carbonyl (C=O) groups is 1. The zero-order chi connectivity index (χ0) is 14.8. The van der Waals surface area contributed by atoms with Gasteiger partial charge in [0.2, 0.25) is 0 Å². The third-order valence-corrected chi connectivity index (χ3v) is 2.05. The van der Waals surface area contributed by atoms with Crippen molar-refractivity contribution in [2.75, 3.05) is 7.11 Å². The second kappa shape index (κ2) is 5.17. The number of nitrogens with zero attached hydrogens (tertiary/aromatic N) is 2. The summed E-state index contributed by atoms with van der Waals surface area (Å²) < 4.78 is 67.0. The molecule has 1 rings (SSSR count). The Labute approximate surface area is 103 Å². The number of ether oxygens (including phenoxy) is 1. The molecular weight excluding hydrogens is 275 g/mol. The number of pyridine rings is 1. The lowest BCUT2D eigenvalue weighted by Gasteiger charge is -2.13. The van der Waals surface area contributed by atoms with Gasteiger partial charge in [-0.25, -0.2) is 18.6 Å². The molecule has 102 valence electrons. The molecule has 19 heavy (non-hydrogen) atoms. The molecule has 4 nitrogen and oxygen atoms in total. The van der Waals surface area contributed by atoms with E-state index in [1.165, 1.54) is 6.07 Å². The van der Waals surface area contributed by atoms with Gasteiger partial charge in [-0.1, -0.05) is 0 Å². The number of esters is 1. The molecule has 0 saturated heterocycles. The normalized spacial score (nSPS) is 11.3. The first-order valence-electron chi connectivity index (χ1n) is 4.61. The van der Waals surface area contributed by atoms with E-state index in [1.54, 1.807) is 0 Å². The molecule has 0 radical (unpaired) electrons. The van der Waals surface area contributed by atoms with Gasteiger partial charge < -0.3 is 4.74 Å². The van der Waals surface area contributed by atoms with Gasteiger partial charge in [0, 0.05) is 0 Å². The fourth-order valence-electron chi connectivity index (χ4n) is 1.27. The fourth-order valence-corrected chi connectivity index (χ4v) is 1.27. The van der Waals surface area contributed by atoms with E-state index in [2.05, 4.69) is 9.72 Å². The topological polar surface area (TPSA) is 63.0 Å². The molecule has 0 fully saturated rings. The number of hydrogen-bond donors (Lipinski definition) is 0. The number of alkyl halides is 5. The van der Waals surface area contributed by atoms with Crippen LogP contribution in [0.2, 0.25) is 0 Å². The van der Waals surface area contributed by atoms with Crippen molar-refractivity contribution in [2.45, 2.75) is 12.6 Å². The molecule has 0 atom stereocenters. The van der Waals surface area contributed by atoms with Gasteiger partial charge in [-0.15, -0.1) is 0 Å². The molecule has 1 aromatic rings. The molecule has 0 aromatic carbocycles. The van der Waals surface area contributed by atoms with E-state index in [0.29, 0.717) is 6.07 Å². The van der Waals surface area contributed by atoms with Crippen LogP contribution in [0.25, 0.3) is 0 Å². The van der Waals surface area contributed by atoms with Crippen LogP contribution in [0.4, 0.5) is 22.0 Å². The molecule has 0 aliphatic rings. The van der Waals surface area contributed by atoms with Crippen molar-refractivity contribution >= 4 is 5.97 Å². The summed E-state index contributed by atoms with van der Waals surface area (Å²) in [6.07, 6.45) is -8.50. The van der Waals surface area contributed by atoms with Crippen LogP contribution in [0.3, 0.4) is 0 Å². The second-order valence-electron chi connectivity index (χ2n) is 3.22. The Morgan fingerprint density at radius 3 is 2.42 bits per heavy atom. The van der Waals surface area contributed by atoms with Crippen LogP contribution >= 0.6 is 0 Å². The van der Waals surface area contributed by atoms with Gasteiger partial charge in [-0.2, -0.15) is 18.4 Å². The Kier molecular flexibility index (Phi) is 4.04. The lowest BCUT2D eigenvalue weighted by molar-refractivity contribution is -0.142. The third-order valence-electron chi connectivity index (χ3n) is 2.05. The van der Waals surface area contributed by atoms with E-state index in [9.17, 15) is 26.7 Å². The van der Waals surface area contributed by atoms with Gasteiger partial charge in [0.05, 0.1) is 18.2 Å². The Morgan fingerprint density at radius 1 is 1.47 bits per heavy atom. The second-order valence-corrected chi connectivity index (χ2v) is 3.22. The molecule has 9 heteroatoms. The summed E-state index contributed by atoms with van der Waals surface area (Å²) in [4.78, 5) is 13.9. The van der Waals surface area contributed by atoms with Crippen molar-refractivity contribution in [1.29, 1.82) is 5.26 Å². The summed E-state index contributed by atoms with van der Waals surface area (Å²) >= 11 is 0. The smallest absolute Gasteiger partial charge is 0.434 e. The van der Waals surface area contributed by atoms with Gasteiger partial charge in [0.1, 0.15) is 11.8 Å². The zero-order valence-corrected chi connectivity index (χ0v) is 9.26. The summed E-state index contributed by atoms with van der Waals surface area (Å²) in [7, 11) is 0.815. The minimum Gasteiger partial charge on any atom is -0.465 e. The van der Waals surface area contributed by atoms with Crippen molar-refractivity contribution in [2.24, 2.45) is 0 Å². The van der Waals surface area contributed by atoms with Crippen molar-refractivity contribution in [3.8, 4) is 6.07 Å². The minimum absolute atomic E-state index is 0.392. The highest BCUT2D eigenvalue weighted by molar-refractivity contribution is 5.91. The Morgan fingerprint density at radius 2 is 2.05 bits per heavy atom. The molecule has 0 N–H and O–H groups in total. The van der Waals surface area contributed by atoms with E-state index < -0.39 is 41.1 Å². The maximum absolute atomic E-state index is 12.6. The van der Waals surface area contributed by atoms with Crippen LogP contribution in [0, 0.1) is 11.3 Å². The standard InChI is InChI=1S/C10H5F5N2O2/c1-19-9(18)5-2-4(3-16)6(8(11)12)17-7(5)10(13,14)15/h2,8H,1H3. The molecule has 0 unspecified atom stereocenters. The number of halogens is 5. The van der Waals surface area contributed by atoms with Crippen molar-refractivity contribution in [1.82, 2.24) is 4.98 Å². The molecular formula is C10H5F5N2O2. The van der Waals surface area contributed by atoms with Gasteiger partial charge in [0.15, 0.2) is 5.69 Å². The van der Waals surface area contributed by atoms with Crippen LogP contribution < -0.4 is 0 Å². The lowest BCUT2D eigenvalue weighted by Crippen LogP contribution is -2.18. The van der Waals surface area contributed by atoms with E-state index in [-0.39, 0.29) is 0 Å². The summed E-state index contributed by atoms with van der Waals surface area (Å²) in [5, 5.41) is 8.58. The van der Waals surface area contributed by atoms with Gasteiger partial charge in [-0.05, 0) is 6.07 Å². The molecule has 0 spiro atoms. The van der Waals surface area contributed by atoms with Gasteiger partial charge in [0.25, 0.3) is 6.43 Å². The monoisotopic (exact) mass is 280 g/mol. The number of carbonyl (C=O) groups excluding carboxylic acids is 1. The summed E-state index contributed by atoms with van der Waals surface area (Å²) in [5.41, 5.74) is -5.05. The largest absolute Gasteiger partial charge is 0.465 e. The molecule has 0 bridgehead atoms. The average Bonchev–Trinajstić information content (AvgIpc) is 2.34. The minimum atomic E-state index is -5.12.